The van der Waals surface area contributed by atoms with Crippen LogP contribution < -0.4 is 5.32 Å². The largest absolute Gasteiger partial charge is 0.336 e. The first kappa shape index (κ1) is 15.8. The van der Waals surface area contributed by atoms with Crippen molar-refractivity contribution < 1.29 is 4.79 Å². The fourth-order valence-corrected chi connectivity index (χ4v) is 4.33. The molecule has 1 aromatic heterocycles. The average molecular weight is 315 g/mol. The molecule has 1 aliphatic heterocycles. The van der Waals surface area contributed by atoms with E-state index >= 15 is 0 Å². The third-order valence-electron chi connectivity index (χ3n) is 4.34. The lowest BCUT2D eigenvalue weighted by Crippen LogP contribution is -2.33. The zero-order valence-electron chi connectivity index (χ0n) is 12.0. The van der Waals surface area contributed by atoms with Crippen molar-refractivity contribution >= 4 is 29.7 Å². The van der Waals surface area contributed by atoms with Crippen LogP contribution in [-0.2, 0) is 12.8 Å². The second-order valence-corrected chi connectivity index (χ2v) is 6.78. The monoisotopic (exact) mass is 314 g/mol. The van der Waals surface area contributed by atoms with E-state index in [1.54, 1.807) is 11.3 Å². The van der Waals surface area contributed by atoms with Gasteiger partial charge in [0.1, 0.15) is 0 Å². The number of hydrogen-bond donors (Lipinski definition) is 1. The normalized spacial score (nSPS) is 22.1. The van der Waals surface area contributed by atoms with Crippen LogP contribution in [-0.4, -0.2) is 37.0 Å². The number of aryl methyl sites for hydroxylation is 2. The van der Waals surface area contributed by atoms with Crippen LogP contribution >= 0.6 is 23.7 Å². The molecule has 112 valence electrons. The van der Waals surface area contributed by atoms with E-state index in [2.05, 4.69) is 11.4 Å². The number of likely N-dealkylation sites (N-methyl/N-ethyl adjacent to an activating group) is 1. The van der Waals surface area contributed by atoms with Gasteiger partial charge in [-0.05, 0) is 50.8 Å². The van der Waals surface area contributed by atoms with E-state index in [4.69, 9.17) is 0 Å². The zero-order valence-corrected chi connectivity index (χ0v) is 13.6. The number of carbonyl (C=O) groups excluding carboxylic acids is 1. The molecule has 3 rings (SSSR count). The van der Waals surface area contributed by atoms with E-state index in [1.807, 2.05) is 11.9 Å². The number of nitrogens with one attached hydrogen (secondary N) is 1. The SMILES string of the molecule is CNC1CCN(C(=O)c2cc3c(s2)CCCCC3)C1.Cl. The molecule has 1 saturated heterocycles. The minimum absolute atomic E-state index is 0. The van der Waals surface area contributed by atoms with Gasteiger partial charge in [-0.1, -0.05) is 6.42 Å². The second-order valence-electron chi connectivity index (χ2n) is 5.65. The molecule has 1 amide bonds. The lowest BCUT2D eigenvalue weighted by atomic mass is 10.1. The predicted octanol–water partition coefficient (Wildman–Crippen LogP) is 2.87. The topological polar surface area (TPSA) is 32.3 Å². The average Bonchev–Trinajstić information content (AvgIpc) is 3.00. The van der Waals surface area contributed by atoms with Gasteiger partial charge < -0.3 is 10.2 Å². The Balaban J connectivity index is 0.00000147. The van der Waals surface area contributed by atoms with Gasteiger partial charge in [-0.2, -0.15) is 0 Å². The number of nitrogens with zero attached hydrogens (tertiary/aromatic N) is 1. The Kier molecular flexibility index (Phi) is 5.47. The summed E-state index contributed by atoms with van der Waals surface area (Å²) in [6.45, 7) is 1.75. The van der Waals surface area contributed by atoms with E-state index < -0.39 is 0 Å². The molecule has 1 N–H and O–H groups in total. The fourth-order valence-electron chi connectivity index (χ4n) is 3.11. The summed E-state index contributed by atoms with van der Waals surface area (Å²) in [4.78, 5) is 17.0. The van der Waals surface area contributed by atoms with Gasteiger partial charge in [-0.25, -0.2) is 0 Å². The van der Waals surface area contributed by atoms with E-state index in [9.17, 15) is 4.79 Å². The molecule has 1 atom stereocenters. The van der Waals surface area contributed by atoms with Gasteiger partial charge in [-0.3, -0.25) is 4.79 Å². The summed E-state index contributed by atoms with van der Waals surface area (Å²) in [5.41, 5.74) is 1.44. The summed E-state index contributed by atoms with van der Waals surface area (Å²) in [6.07, 6.45) is 7.31. The Hall–Kier alpha value is -0.580. The Bertz CT molecular complexity index is 451. The molecule has 0 saturated carbocycles. The minimum Gasteiger partial charge on any atom is -0.336 e. The van der Waals surface area contributed by atoms with Crippen LogP contribution in [0.5, 0.6) is 0 Å². The van der Waals surface area contributed by atoms with Gasteiger partial charge in [0, 0.05) is 24.0 Å². The van der Waals surface area contributed by atoms with Crippen molar-refractivity contribution in [3.8, 4) is 0 Å². The third-order valence-corrected chi connectivity index (χ3v) is 5.57. The van der Waals surface area contributed by atoms with Crippen LogP contribution in [0.25, 0.3) is 0 Å². The first-order chi connectivity index (χ1) is 9.28. The summed E-state index contributed by atoms with van der Waals surface area (Å²) in [5.74, 6) is 0.246. The Morgan fingerprint density at radius 2 is 2.15 bits per heavy atom. The van der Waals surface area contributed by atoms with Crippen LogP contribution in [0.2, 0.25) is 0 Å². The van der Waals surface area contributed by atoms with Gasteiger partial charge in [0.2, 0.25) is 0 Å². The molecule has 0 aromatic carbocycles. The maximum absolute atomic E-state index is 12.5. The summed E-state index contributed by atoms with van der Waals surface area (Å²) in [7, 11) is 1.98. The summed E-state index contributed by atoms with van der Waals surface area (Å²) in [6, 6.07) is 2.64. The first-order valence-corrected chi connectivity index (χ1v) is 8.17. The number of likely N-dealkylation sites (tertiary alicyclic amines) is 1. The summed E-state index contributed by atoms with van der Waals surface area (Å²) >= 11 is 1.74. The van der Waals surface area contributed by atoms with Gasteiger partial charge in [0.05, 0.1) is 4.88 Å². The van der Waals surface area contributed by atoms with Crippen molar-refractivity contribution in [3.05, 3.63) is 21.4 Å². The highest BCUT2D eigenvalue weighted by atomic mass is 35.5. The predicted molar refractivity (Wildman–Crippen MR) is 86.2 cm³/mol. The smallest absolute Gasteiger partial charge is 0.263 e. The maximum atomic E-state index is 12.5. The van der Waals surface area contributed by atoms with Crippen molar-refractivity contribution in [2.24, 2.45) is 0 Å². The molecule has 1 fully saturated rings. The number of fused-ring (bicyclic) bond motifs is 1. The number of halogens is 1. The third kappa shape index (κ3) is 3.18. The number of rotatable bonds is 2. The fraction of sp³-hybridized carbons (Fsp3) is 0.667. The van der Waals surface area contributed by atoms with Crippen LogP contribution in [0.15, 0.2) is 6.07 Å². The highest BCUT2D eigenvalue weighted by molar-refractivity contribution is 7.14. The maximum Gasteiger partial charge on any atom is 0.263 e. The molecule has 0 spiro atoms. The molecule has 0 radical (unpaired) electrons. The van der Waals surface area contributed by atoms with Crippen molar-refractivity contribution in [3.63, 3.8) is 0 Å². The van der Waals surface area contributed by atoms with Crippen LogP contribution in [0.4, 0.5) is 0 Å². The van der Waals surface area contributed by atoms with Crippen LogP contribution in [0.1, 0.15) is 45.8 Å². The van der Waals surface area contributed by atoms with Crippen molar-refractivity contribution in [1.82, 2.24) is 10.2 Å². The Morgan fingerprint density at radius 3 is 2.90 bits per heavy atom. The lowest BCUT2D eigenvalue weighted by Gasteiger charge is -2.15. The summed E-state index contributed by atoms with van der Waals surface area (Å²) in [5, 5.41) is 3.27. The molecular weight excluding hydrogens is 292 g/mol. The molecule has 1 aliphatic carbocycles. The van der Waals surface area contributed by atoms with Gasteiger partial charge in [0.15, 0.2) is 0 Å². The Labute approximate surface area is 131 Å². The van der Waals surface area contributed by atoms with Crippen molar-refractivity contribution in [2.75, 3.05) is 20.1 Å². The molecule has 3 nitrogen and oxygen atoms in total. The summed E-state index contributed by atoms with van der Waals surface area (Å²) < 4.78 is 0. The number of hydrogen-bond acceptors (Lipinski definition) is 3. The molecule has 1 aromatic rings. The van der Waals surface area contributed by atoms with E-state index in [0.29, 0.717) is 6.04 Å². The number of carbonyl (C=O) groups is 1. The van der Waals surface area contributed by atoms with Gasteiger partial charge >= 0.3 is 0 Å². The molecule has 20 heavy (non-hydrogen) atoms. The molecule has 5 heteroatoms. The minimum atomic E-state index is 0. The number of amides is 1. The highest BCUT2D eigenvalue weighted by Gasteiger charge is 2.27. The first-order valence-electron chi connectivity index (χ1n) is 7.36. The van der Waals surface area contributed by atoms with E-state index in [0.717, 1.165) is 30.8 Å². The van der Waals surface area contributed by atoms with Gasteiger partial charge in [0.25, 0.3) is 5.91 Å². The van der Waals surface area contributed by atoms with Crippen LogP contribution in [0.3, 0.4) is 0 Å². The highest BCUT2D eigenvalue weighted by Crippen LogP contribution is 2.30. The van der Waals surface area contributed by atoms with Crippen LogP contribution in [0, 0.1) is 0 Å². The quantitative estimate of drug-likeness (QED) is 0.851. The van der Waals surface area contributed by atoms with Crippen molar-refractivity contribution in [2.45, 2.75) is 44.6 Å². The van der Waals surface area contributed by atoms with E-state index in [-0.39, 0.29) is 18.3 Å². The Morgan fingerprint density at radius 1 is 1.35 bits per heavy atom. The lowest BCUT2D eigenvalue weighted by molar-refractivity contribution is 0.0794. The molecule has 1 unspecified atom stereocenters. The second kappa shape index (κ2) is 6.92. The molecule has 0 bridgehead atoms. The van der Waals surface area contributed by atoms with E-state index in [1.165, 1.54) is 36.1 Å². The van der Waals surface area contributed by atoms with Crippen molar-refractivity contribution in [1.29, 1.82) is 0 Å². The standard InChI is InChI=1S/C15H22N2OS.ClH/c1-16-12-7-8-17(10-12)15(18)14-9-11-5-3-2-4-6-13(11)19-14;/h9,12,16H,2-8,10H2,1H3;1H. The van der Waals surface area contributed by atoms with Gasteiger partial charge in [-0.15, -0.1) is 23.7 Å². The molecule has 2 aliphatic rings. The zero-order chi connectivity index (χ0) is 13.2. The number of thiophene rings is 1. The molecule has 2 heterocycles. The molecular formula is C15H23ClN2OS.